The number of rotatable bonds is 5. The molecule has 1 aliphatic carbocycles. The molecule has 2 rings (SSSR count). The number of aromatic amines is 1. The van der Waals surface area contributed by atoms with Crippen LogP contribution in [0.2, 0.25) is 5.02 Å². The Hall–Kier alpha value is -1.49. The van der Waals surface area contributed by atoms with Crippen molar-refractivity contribution in [1.29, 1.82) is 0 Å². The summed E-state index contributed by atoms with van der Waals surface area (Å²) >= 11 is 5.77. The van der Waals surface area contributed by atoms with Gasteiger partial charge in [-0.3, -0.25) is 9.59 Å². The number of H-pyrrole nitrogens is 1. The van der Waals surface area contributed by atoms with Gasteiger partial charge in [0, 0.05) is 12.2 Å². The van der Waals surface area contributed by atoms with Crippen molar-refractivity contribution in [3.05, 3.63) is 23.0 Å². The first-order valence-corrected chi connectivity index (χ1v) is 6.30. The lowest BCUT2D eigenvalue weighted by molar-refractivity contribution is -0.144. The Labute approximate surface area is 110 Å². The standard InChI is InChI=1S/C12H15ClN2O3/c1-2-18-11(16)7-15(9-3-4-9)12(17)10-5-8(13)6-14-10/h5-6,9,14H,2-4,7H2,1H3. The average Bonchev–Trinajstić information content (AvgIpc) is 3.08. The third-order valence-corrected chi connectivity index (χ3v) is 2.95. The number of hydrogen-bond donors (Lipinski definition) is 1. The quantitative estimate of drug-likeness (QED) is 0.831. The number of nitrogens with zero attached hydrogens (tertiary/aromatic N) is 1. The number of aromatic nitrogens is 1. The van der Waals surface area contributed by atoms with E-state index in [1.54, 1.807) is 24.1 Å². The molecule has 1 fully saturated rings. The highest BCUT2D eigenvalue weighted by Crippen LogP contribution is 2.28. The minimum atomic E-state index is -0.379. The largest absolute Gasteiger partial charge is 0.465 e. The van der Waals surface area contributed by atoms with Crippen molar-refractivity contribution < 1.29 is 14.3 Å². The number of hydrogen-bond acceptors (Lipinski definition) is 3. The molecule has 0 radical (unpaired) electrons. The Bertz CT molecular complexity index is 454. The summed E-state index contributed by atoms with van der Waals surface area (Å²) in [6.07, 6.45) is 3.41. The molecule has 1 aromatic rings. The summed E-state index contributed by atoms with van der Waals surface area (Å²) in [4.78, 5) is 28.0. The number of halogens is 1. The summed E-state index contributed by atoms with van der Waals surface area (Å²) in [5.74, 6) is -0.590. The number of ether oxygens (including phenoxy) is 1. The van der Waals surface area contributed by atoms with Crippen LogP contribution in [0.1, 0.15) is 30.3 Å². The molecule has 0 aromatic carbocycles. The van der Waals surface area contributed by atoms with Gasteiger partial charge in [0.25, 0.3) is 5.91 Å². The molecule has 1 N–H and O–H groups in total. The summed E-state index contributed by atoms with van der Waals surface area (Å²) in [6, 6.07) is 1.70. The summed E-state index contributed by atoms with van der Waals surface area (Å²) in [5.41, 5.74) is 0.399. The fourth-order valence-corrected chi connectivity index (χ4v) is 1.91. The van der Waals surface area contributed by atoms with Crippen molar-refractivity contribution >= 4 is 23.5 Å². The first kappa shape index (κ1) is 13.0. The normalized spacial score (nSPS) is 14.3. The van der Waals surface area contributed by atoms with Gasteiger partial charge in [-0.2, -0.15) is 0 Å². The molecule has 0 atom stereocenters. The van der Waals surface area contributed by atoms with Crippen LogP contribution in [0.4, 0.5) is 0 Å². The monoisotopic (exact) mass is 270 g/mol. The number of amides is 1. The second-order valence-electron chi connectivity index (χ2n) is 4.20. The summed E-state index contributed by atoms with van der Waals surface area (Å²) in [6.45, 7) is 2.06. The van der Waals surface area contributed by atoms with E-state index in [1.807, 2.05) is 0 Å². The van der Waals surface area contributed by atoms with Crippen molar-refractivity contribution in [2.45, 2.75) is 25.8 Å². The van der Waals surface area contributed by atoms with Gasteiger partial charge in [-0.25, -0.2) is 0 Å². The van der Waals surface area contributed by atoms with E-state index in [-0.39, 0.29) is 24.5 Å². The molecule has 1 amide bonds. The molecule has 18 heavy (non-hydrogen) atoms. The average molecular weight is 271 g/mol. The molecule has 1 saturated carbocycles. The van der Waals surface area contributed by atoms with E-state index in [0.717, 1.165) is 12.8 Å². The maximum Gasteiger partial charge on any atom is 0.325 e. The molecule has 6 heteroatoms. The van der Waals surface area contributed by atoms with Crippen LogP contribution >= 0.6 is 11.6 Å². The van der Waals surface area contributed by atoms with Gasteiger partial charge in [0.2, 0.25) is 0 Å². The van der Waals surface area contributed by atoms with Crippen LogP contribution in [0.3, 0.4) is 0 Å². The third kappa shape index (κ3) is 3.04. The van der Waals surface area contributed by atoms with Crippen LogP contribution in [0.15, 0.2) is 12.3 Å². The predicted octanol–water partition coefficient (Wildman–Crippen LogP) is 1.84. The molecular formula is C12H15ClN2O3. The van der Waals surface area contributed by atoms with Gasteiger partial charge in [0.05, 0.1) is 11.6 Å². The van der Waals surface area contributed by atoms with Crippen LogP contribution in [0.5, 0.6) is 0 Å². The molecule has 5 nitrogen and oxygen atoms in total. The third-order valence-electron chi connectivity index (χ3n) is 2.73. The Morgan fingerprint density at radius 1 is 1.56 bits per heavy atom. The van der Waals surface area contributed by atoms with Crippen molar-refractivity contribution in [1.82, 2.24) is 9.88 Å². The summed E-state index contributed by atoms with van der Waals surface area (Å²) in [5, 5.41) is 0.477. The van der Waals surface area contributed by atoms with E-state index in [0.29, 0.717) is 17.3 Å². The second kappa shape index (κ2) is 5.44. The van der Waals surface area contributed by atoms with Crippen LogP contribution in [0, 0.1) is 0 Å². The maximum absolute atomic E-state index is 12.2. The smallest absolute Gasteiger partial charge is 0.325 e. The van der Waals surface area contributed by atoms with Crippen molar-refractivity contribution in [2.75, 3.05) is 13.2 Å². The van der Waals surface area contributed by atoms with E-state index in [4.69, 9.17) is 16.3 Å². The molecule has 98 valence electrons. The summed E-state index contributed by atoms with van der Waals surface area (Å²) < 4.78 is 4.87. The summed E-state index contributed by atoms with van der Waals surface area (Å²) in [7, 11) is 0. The van der Waals surface area contributed by atoms with E-state index >= 15 is 0 Å². The molecule has 1 heterocycles. The van der Waals surface area contributed by atoms with E-state index in [1.165, 1.54) is 0 Å². The molecular weight excluding hydrogens is 256 g/mol. The first-order chi connectivity index (χ1) is 8.61. The SMILES string of the molecule is CCOC(=O)CN(C(=O)c1cc(Cl)c[nH]1)C1CC1. The Morgan fingerprint density at radius 3 is 2.78 bits per heavy atom. The zero-order valence-corrected chi connectivity index (χ0v) is 10.9. The molecule has 0 aliphatic heterocycles. The molecule has 0 unspecified atom stereocenters. The lowest BCUT2D eigenvalue weighted by Gasteiger charge is -2.20. The minimum absolute atomic E-state index is 0.00597. The number of esters is 1. The second-order valence-corrected chi connectivity index (χ2v) is 4.64. The van der Waals surface area contributed by atoms with Crippen LogP contribution in [-0.4, -0.2) is 41.0 Å². The van der Waals surface area contributed by atoms with Gasteiger partial charge in [0.1, 0.15) is 12.2 Å². The topological polar surface area (TPSA) is 62.4 Å². The van der Waals surface area contributed by atoms with Crippen molar-refractivity contribution in [2.24, 2.45) is 0 Å². The van der Waals surface area contributed by atoms with Gasteiger partial charge < -0.3 is 14.6 Å². The zero-order valence-electron chi connectivity index (χ0n) is 10.1. The van der Waals surface area contributed by atoms with Gasteiger partial charge in [0.15, 0.2) is 0 Å². The fourth-order valence-electron chi connectivity index (χ4n) is 1.74. The minimum Gasteiger partial charge on any atom is -0.465 e. The van der Waals surface area contributed by atoms with Gasteiger partial charge in [-0.05, 0) is 25.8 Å². The molecule has 0 bridgehead atoms. The Kier molecular flexibility index (Phi) is 3.91. The number of carbonyl (C=O) groups is 2. The molecule has 0 spiro atoms. The van der Waals surface area contributed by atoms with E-state index in [2.05, 4.69) is 4.98 Å². The maximum atomic E-state index is 12.2. The van der Waals surface area contributed by atoms with Crippen LogP contribution in [0.25, 0.3) is 0 Å². The van der Waals surface area contributed by atoms with Gasteiger partial charge in [-0.15, -0.1) is 0 Å². The molecule has 1 aliphatic rings. The lowest BCUT2D eigenvalue weighted by atomic mass is 10.3. The van der Waals surface area contributed by atoms with Crippen molar-refractivity contribution in [3.63, 3.8) is 0 Å². The highest BCUT2D eigenvalue weighted by molar-refractivity contribution is 6.30. The highest BCUT2D eigenvalue weighted by atomic mass is 35.5. The van der Waals surface area contributed by atoms with E-state index < -0.39 is 0 Å². The van der Waals surface area contributed by atoms with Crippen LogP contribution in [-0.2, 0) is 9.53 Å². The Balaban J connectivity index is 2.05. The number of carbonyl (C=O) groups excluding carboxylic acids is 2. The van der Waals surface area contributed by atoms with Crippen molar-refractivity contribution in [3.8, 4) is 0 Å². The number of nitrogens with one attached hydrogen (secondary N) is 1. The van der Waals surface area contributed by atoms with E-state index in [9.17, 15) is 9.59 Å². The molecule has 1 aromatic heterocycles. The van der Waals surface area contributed by atoms with Gasteiger partial charge in [-0.1, -0.05) is 11.6 Å². The van der Waals surface area contributed by atoms with Gasteiger partial charge >= 0.3 is 5.97 Å². The predicted molar refractivity (Wildman–Crippen MR) is 66.5 cm³/mol. The van der Waals surface area contributed by atoms with Crippen LogP contribution < -0.4 is 0 Å². The Morgan fingerprint density at radius 2 is 2.28 bits per heavy atom. The fraction of sp³-hybridized carbons (Fsp3) is 0.500. The lowest BCUT2D eigenvalue weighted by Crippen LogP contribution is -2.38. The highest BCUT2D eigenvalue weighted by Gasteiger charge is 2.35. The first-order valence-electron chi connectivity index (χ1n) is 5.92. The zero-order chi connectivity index (χ0) is 13.1. The molecule has 0 saturated heterocycles.